The molecule has 0 saturated carbocycles. The molecule has 0 bridgehead atoms. The highest BCUT2D eigenvalue weighted by Gasteiger charge is 2.21. The Morgan fingerprint density at radius 1 is 1.50 bits per heavy atom. The predicted molar refractivity (Wildman–Crippen MR) is 86.8 cm³/mol. The van der Waals surface area contributed by atoms with Crippen LogP contribution in [-0.4, -0.2) is 35.4 Å². The molecule has 0 radical (unpaired) electrons. The highest BCUT2D eigenvalue weighted by molar-refractivity contribution is 7.98. The molecule has 0 fully saturated rings. The van der Waals surface area contributed by atoms with Crippen LogP contribution in [0.2, 0.25) is 0 Å². The first-order valence-electron chi connectivity index (χ1n) is 5.59. The van der Waals surface area contributed by atoms with Crippen molar-refractivity contribution in [2.75, 3.05) is 5.75 Å². The lowest BCUT2D eigenvalue weighted by Crippen LogP contribution is -2.36. The Labute approximate surface area is 134 Å². The number of aromatic nitrogens is 1. The molecular weight excluding hydrogens is 352 g/mol. The highest BCUT2D eigenvalue weighted by Crippen LogP contribution is 2.22. The van der Waals surface area contributed by atoms with Crippen LogP contribution in [0.25, 0.3) is 0 Å². The first-order valence-corrected chi connectivity index (χ1v) is 9.13. The number of thioether (sulfide) groups is 1. The molecule has 7 N–H and O–H groups in total. The number of nitroso groups, excluding NO2 is 1. The van der Waals surface area contributed by atoms with Crippen LogP contribution in [-0.2, 0) is 16.0 Å². The van der Waals surface area contributed by atoms with Gasteiger partial charge >= 0.3 is 10.2 Å². The minimum absolute atomic E-state index is 0.0116. The topological polar surface area (TPSA) is 194 Å². The van der Waals surface area contributed by atoms with Crippen molar-refractivity contribution in [1.29, 1.82) is 5.41 Å². The maximum atomic E-state index is 11.0. The Balaban J connectivity index is 2.42. The second-order valence-corrected chi connectivity index (χ2v) is 7.09. The van der Waals surface area contributed by atoms with Gasteiger partial charge in [0.15, 0.2) is 5.96 Å². The number of rotatable bonds is 8. The van der Waals surface area contributed by atoms with E-state index in [2.05, 4.69) is 15.3 Å². The number of aliphatic imine (C=N–C) groups is 1. The smallest absolute Gasteiger partial charge is 0.322 e. The molecule has 0 unspecified atom stereocenters. The summed E-state index contributed by atoms with van der Waals surface area (Å²) in [6.07, 6.45) is 0.0116. The minimum Gasteiger partial charge on any atom is -0.370 e. The number of nitrogens with two attached hydrogens (primary N) is 3. The maximum Gasteiger partial charge on any atom is 0.322 e. The van der Waals surface area contributed by atoms with E-state index in [1.165, 1.54) is 23.1 Å². The van der Waals surface area contributed by atoms with E-state index in [1.807, 2.05) is 0 Å². The van der Waals surface area contributed by atoms with Gasteiger partial charge in [0.05, 0.1) is 11.0 Å². The Morgan fingerprint density at radius 2 is 2.18 bits per heavy atom. The quantitative estimate of drug-likeness (QED) is 0.161. The van der Waals surface area contributed by atoms with Gasteiger partial charge in [0.25, 0.3) is 0 Å². The summed E-state index contributed by atoms with van der Waals surface area (Å²) < 4.78 is 21.9. The average Bonchev–Trinajstić information content (AvgIpc) is 2.80. The van der Waals surface area contributed by atoms with E-state index < -0.39 is 16.0 Å². The van der Waals surface area contributed by atoms with Gasteiger partial charge in [-0.15, -0.1) is 16.2 Å². The van der Waals surface area contributed by atoms with Gasteiger partial charge in [-0.1, -0.05) is 4.41 Å². The average molecular weight is 366 g/mol. The van der Waals surface area contributed by atoms with Crippen LogP contribution in [0.1, 0.15) is 12.1 Å². The molecule has 0 aromatic carbocycles. The van der Waals surface area contributed by atoms with Gasteiger partial charge in [-0.2, -0.15) is 25.2 Å². The molecule has 11 nitrogen and oxygen atoms in total. The van der Waals surface area contributed by atoms with Gasteiger partial charge in [-0.05, 0) is 0 Å². The molecule has 0 aliphatic rings. The van der Waals surface area contributed by atoms with Gasteiger partial charge < -0.3 is 11.5 Å². The fourth-order valence-electron chi connectivity index (χ4n) is 1.21. The molecule has 0 saturated heterocycles. The van der Waals surface area contributed by atoms with Crippen LogP contribution < -0.4 is 16.6 Å². The van der Waals surface area contributed by atoms with Crippen LogP contribution in [0.3, 0.4) is 0 Å². The van der Waals surface area contributed by atoms with Crippen LogP contribution in [0.5, 0.6) is 0 Å². The Hall–Kier alpha value is -1.77. The lowest BCUT2D eigenvalue weighted by atomic mass is 10.4. The molecule has 0 spiro atoms. The lowest BCUT2D eigenvalue weighted by Gasteiger charge is -2.12. The fourth-order valence-corrected chi connectivity index (χ4v) is 3.36. The number of amidine groups is 1. The van der Waals surface area contributed by atoms with Crippen molar-refractivity contribution in [3.63, 3.8) is 0 Å². The Morgan fingerprint density at radius 3 is 2.73 bits per heavy atom. The summed E-state index contributed by atoms with van der Waals surface area (Å²) in [5.74, 6) is 0.333. The normalized spacial score (nSPS) is 11.0. The van der Waals surface area contributed by atoms with Crippen LogP contribution >= 0.6 is 23.1 Å². The summed E-state index contributed by atoms with van der Waals surface area (Å²) in [5.41, 5.74) is 11.2. The van der Waals surface area contributed by atoms with Gasteiger partial charge in [-0.25, -0.2) is 10.1 Å². The zero-order valence-corrected chi connectivity index (χ0v) is 13.6. The van der Waals surface area contributed by atoms with Crippen molar-refractivity contribution in [2.24, 2.45) is 26.9 Å². The largest absolute Gasteiger partial charge is 0.370 e. The van der Waals surface area contributed by atoms with Crippen molar-refractivity contribution in [3.05, 3.63) is 16.0 Å². The van der Waals surface area contributed by atoms with Crippen molar-refractivity contribution < 1.29 is 8.42 Å². The van der Waals surface area contributed by atoms with Crippen molar-refractivity contribution >= 4 is 50.2 Å². The monoisotopic (exact) mass is 366 g/mol. The molecule has 0 aliphatic heterocycles. The van der Waals surface area contributed by atoms with E-state index >= 15 is 0 Å². The van der Waals surface area contributed by atoms with Crippen molar-refractivity contribution in [1.82, 2.24) is 9.40 Å². The summed E-state index contributed by atoms with van der Waals surface area (Å²) in [7, 11) is -4.34. The third-order valence-corrected chi connectivity index (χ3v) is 4.59. The van der Waals surface area contributed by atoms with Crippen molar-refractivity contribution in [2.45, 2.75) is 12.2 Å². The number of thiazole rings is 1. The molecule has 0 atom stereocenters. The van der Waals surface area contributed by atoms with E-state index in [9.17, 15) is 13.3 Å². The number of nitrogens with zero attached hydrogens (tertiary/aromatic N) is 4. The maximum absolute atomic E-state index is 11.0. The molecule has 14 heteroatoms. The molecule has 1 aromatic heterocycles. The van der Waals surface area contributed by atoms with E-state index in [1.54, 1.807) is 5.38 Å². The van der Waals surface area contributed by atoms with Gasteiger partial charge in [0.2, 0.25) is 5.13 Å². The summed E-state index contributed by atoms with van der Waals surface area (Å²) >= 11 is 2.67. The van der Waals surface area contributed by atoms with Crippen LogP contribution in [0, 0.1) is 10.3 Å². The summed E-state index contributed by atoms with van der Waals surface area (Å²) in [5, 5.41) is 16.6. The molecule has 1 aromatic rings. The molecule has 1 rings (SSSR count). The summed E-state index contributed by atoms with van der Waals surface area (Å²) in [6.45, 7) is 0. The lowest BCUT2D eigenvalue weighted by molar-refractivity contribution is 0.528. The number of hydrogen-bond acceptors (Lipinski definition) is 9. The van der Waals surface area contributed by atoms with E-state index in [0.717, 1.165) is 5.69 Å². The SMILES string of the molecule is N=C(CCSCc1csc(N=C(N)N)n1)N(N=O)S(N)(=O)=O. The summed E-state index contributed by atoms with van der Waals surface area (Å²) in [4.78, 5) is 18.3. The highest BCUT2D eigenvalue weighted by atomic mass is 32.2. The van der Waals surface area contributed by atoms with Crippen molar-refractivity contribution in [3.8, 4) is 0 Å². The molecule has 0 amide bonds. The van der Waals surface area contributed by atoms with Gasteiger partial charge in [0.1, 0.15) is 5.84 Å². The molecular formula is C8H14N8O3S3. The number of hydrogen-bond donors (Lipinski definition) is 4. The number of guanidine groups is 1. The van der Waals surface area contributed by atoms with Gasteiger partial charge in [0, 0.05) is 23.3 Å². The van der Waals surface area contributed by atoms with E-state index in [-0.39, 0.29) is 16.8 Å². The molecule has 0 aliphatic carbocycles. The molecule has 122 valence electrons. The van der Waals surface area contributed by atoms with Crippen LogP contribution in [0.4, 0.5) is 5.13 Å². The third kappa shape index (κ3) is 5.92. The van der Waals surface area contributed by atoms with E-state index in [4.69, 9.17) is 22.0 Å². The van der Waals surface area contributed by atoms with Crippen LogP contribution in [0.15, 0.2) is 15.7 Å². The Kier molecular flexibility index (Phi) is 6.66. The zero-order valence-electron chi connectivity index (χ0n) is 11.2. The Bertz CT molecular complexity index is 666. The predicted octanol–water partition coefficient (Wildman–Crippen LogP) is -0.165. The molecule has 1 heterocycles. The van der Waals surface area contributed by atoms with E-state index in [0.29, 0.717) is 16.6 Å². The standard InChI is InChI=1S/C8H14N8O3S3/c9-6(16(15-17)22(12,18)19)1-2-20-3-5-4-21-8(13-5)14-7(10)11/h4,9H,1-3H2,(H2,12,18,19)(H4,10,11,13,14). The number of nitrogens with one attached hydrogen (secondary N) is 1. The first-order chi connectivity index (χ1) is 10.2. The molecule has 22 heavy (non-hydrogen) atoms. The first kappa shape index (κ1) is 18.3. The third-order valence-electron chi connectivity index (χ3n) is 2.04. The second kappa shape index (κ2) is 8.02. The summed E-state index contributed by atoms with van der Waals surface area (Å²) in [6, 6.07) is 0. The zero-order chi connectivity index (χ0) is 16.8. The minimum atomic E-state index is -4.34. The second-order valence-electron chi connectivity index (χ2n) is 3.78. The van der Waals surface area contributed by atoms with Gasteiger partial charge in [-0.3, -0.25) is 5.41 Å². The fraction of sp³-hybridized carbons (Fsp3) is 0.375.